The second kappa shape index (κ2) is 14.4. The Morgan fingerprint density at radius 1 is 0.763 bits per heavy atom. The van der Waals surface area contributed by atoms with Crippen molar-refractivity contribution in [2.75, 3.05) is 27.4 Å². The van der Waals surface area contributed by atoms with Gasteiger partial charge < -0.3 is 28.4 Å². The molecular weight excluding hydrogens is 496 g/mol. The van der Waals surface area contributed by atoms with Crippen LogP contribution in [0.3, 0.4) is 0 Å². The highest BCUT2D eigenvalue weighted by Gasteiger charge is 2.24. The maximum absolute atomic E-state index is 12.0. The molecule has 0 spiro atoms. The molecule has 0 bridgehead atoms. The van der Waals surface area contributed by atoms with Gasteiger partial charge in [-0.3, -0.25) is 19.2 Å². The molecule has 1 atom stereocenters. The Kier molecular flexibility index (Phi) is 11.3. The molecular formula is C28H32O10. The third-order valence-corrected chi connectivity index (χ3v) is 5.16. The Labute approximate surface area is 221 Å². The molecule has 0 saturated carbocycles. The van der Waals surface area contributed by atoms with Crippen LogP contribution < -0.4 is 18.9 Å². The van der Waals surface area contributed by atoms with Crippen molar-refractivity contribution in [1.29, 1.82) is 0 Å². The molecule has 204 valence electrons. The molecule has 0 fully saturated rings. The van der Waals surface area contributed by atoms with Gasteiger partial charge in [-0.15, -0.1) is 0 Å². The molecule has 38 heavy (non-hydrogen) atoms. The lowest BCUT2D eigenvalue weighted by molar-refractivity contribution is -0.142. The predicted octanol–water partition coefficient (Wildman–Crippen LogP) is 4.02. The fraction of sp³-hybridized carbons (Fsp3) is 0.357. The molecule has 0 amide bonds. The molecule has 2 rings (SSSR count). The zero-order valence-corrected chi connectivity index (χ0v) is 22.3. The van der Waals surface area contributed by atoms with Gasteiger partial charge >= 0.3 is 23.9 Å². The number of methoxy groups -OCH3 is 2. The molecule has 0 heterocycles. The fourth-order valence-corrected chi connectivity index (χ4v) is 3.64. The van der Waals surface area contributed by atoms with Gasteiger partial charge in [-0.05, 0) is 47.9 Å². The Hall–Kier alpha value is -4.34. The van der Waals surface area contributed by atoms with Crippen molar-refractivity contribution in [1.82, 2.24) is 0 Å². The second-order valence-corrected chi connectivity index (χ2v) is 8.22. The summed E-state index contributed by atoms with van der Waals surface area (Å²) in [5, 5.41) is 0. The van der Waals surface area contributed by atoms with E-state index in [9.17, 15) is 19.2 Å². The lowest BCUT2D eigenvalue weighted by Gasteiger charge is -2.22. The summed E-state index contributed by atoms with van der Waals surface area (Å²) in [5.74, 6) is -1.30. The predicted molar refractivity (Wildman–Crippen MR) is 137 cm³/mol. The zero-order chi connectivity index (χ0) is 28.2. The molecule has 2 aromatic rings. The van der Waals surface area contributed by atoms with Gasteiger partial charge in [0.2, 0.25) is 0 Å². The van der Waals surface area contributed by atoms with Crippen LogP contribution >= 0.6 is 0 Å². The van der Waals surface area contributed by atoms with Crippen molar-refractivity contribution in [2.45, 2.75) is 40.0 Å². The molecule has 2 aromatic carbocycles. The minimum Gasteiger partial charge on any atom is -0.493 e. The lowest BCUT2D eigenvalue weighted by atomic mass is 9.90. The monoisotopic (exact) mass is 528 g/mol. The van der Waals surface area contributed by atoms with E-state index in [-0.39, 0.29) is 24.7 Å². The van der Waals surface area contributed by atoms with E-state index in [4.69, 9.17) is 28.4 Å². The van der Waals surface area contributed by atoms with Gasteiger partial charge in [-0.2, -0.15) is 0 Å². The second-order valence-electron chi connectivity index (χ2n) is 8.22. The molecule has 0 radical (unpaired) electrons. The smallest absolute Gasteiger partial charge is 0.308 e. The number of carbonyl (C=O) groups is 4. The summed E-state index contributed by atoms with van der Waals surface area (Å²) in [6, 6.07) is 8.54. The number of hydrogen-bond acceptors (Lipinski definition) is 10. The van der Waals surface area contributed by atoms with Crippen LogP contribution in [0.2, 0.25) is 0 Å². The van der Waals surface area contributed by atoms with Crippen LogP contribution in [-0.4, -0.2) is 51.3 Å². The Morgan fingerprint density at radius 3 is 2.00 bits per heavy atom. The van der Waals surface area contributed by atoms with Crippen molar-refractivity contribution >= 4 is 30.0 Å². The first-order valence-electron chi connectivity index (χ1n) is 11.7. The van der Waals surface area contributed by atoms with Crippen LogP contribution in [0.5, 0.6) is 23.0 Å². The third-order valence-electron chi connectivity index (χ3n) is 5.16. The van der Waals surface area contributed by atoms with E-state index in [1.54, 1.807) is 42.5 Å². The van der Waals surface area contributed by atoms with Gasteiger partial charge in [0.1, 0.15) is 6.61 Å². The molecule has 0 aliphatic heterocycles. The average Bonchev–Trinajstić information content (AvgIpc) is 2.84. The van der Waals surface area contributed by atoms with Gasteiger partial charge in [0.05, 0.1) is 20.8 Å². The number of esters is 4. The van der Waals surface area contributed by atoms with E-state index >= 15 is 0 Å². The van der Waals surface area contributed by atoms with Gasteiger partial charge in [-0.25, -0.2) is 0 Å². The van der Waals surface area contributed by atoms with Crippen molar-refractivity contribution in [2.24, 2.45) is 0 Å². The summed E-state index contributed by atoms with van der Waals surface area (Å²) < 4.78 is 31.9. The van der Waals surface area contributed by atoms with Crippen LogP contribution in [0.25, 0.3) is 6.08 Å². The standard InChI is InChI=1S/C28H32O10/c1-17(29)35-11-7-8-21-13-24(28(38-20(4)32)27(15-21)34-6)23(16-36-18(2)30)12-22-9-10-25(37-19(3)31)26(14-22)33-5/h7-10,13-15,23H,11-12,16H2,1-6H3/b8-7+/t23-/m1/s1. The largest absolute Gasteiger partial charge is 0.493 e. The number of benzene rings is 2. The van der Waals surface area contributed by atoms with Gasteiger partial charge in [0, 0.05) is 39.2 Å². The Balaban J connectivity index is 2.58. The Morgan fingerprint density at radius 2 is 1.42 bits per heavy atom. The molecule has 0 saturated heterocycles. The van der Waals surface area contributed by atoms with Gasteiger partial charge in [-0.1, -0.05) is 12.1 Å². The van der Waals surface area contributed by atoms with E-state index in [1.165, 1.54) is 41.9 Å². The number of carbonyl (C=O) groups excluding carboxylic acids is 4. The molecule has 0 aromatic heterocycles. The summed E-state index contributed by atoms with van der Waals surface area (Å²) in [6.45, 7) is 5.23. The summed E-state index contributed by atoms with van der Waals surface area (Å²) in [7, 11) is 2.90. The Bertz CT molecular complexity index is 1200. The zero-order valence-electron chi connectivity index (χ0n) is 22.3. The van der Waals surface area contributed by atoms with E-state index in [0.717, 1.165) is 5.56 Å². The van der Waals surface area contributed by atoms with Gasteiger partial charge in [0.15, 0.2) is 23.0 Å². The highest BCUT2D eigenvalue weighted by molar-refractivity contribution is 5.73. The highest BCUT2D eigenvalue weighted by Crippen LogP contribution is 2.40. The SMILES string of the molecule is COc1cc(C[C@H](COC(C)=O)c2cc(/C=C/COC(C)=O)cc(OC)c2OC(C)=O)ccc1OC(C)=O. The normalized spacial score (nSPS) is 11.4. The summed E-state index contributed by atoms with van der Waals surface area (Å²) >= 11 is 0. The number of ether oxygens (including phenoxy) is 6. The average molecular weight is 529 g/mol. The van der Waals surface area contributed by atoms with Crippen LogP contribution in [-0.2, 0) is 35.1 Å². The fourth-order valence-electron chi connectivity index (χ4n) is 3.64. The first-order chi connectivity index (χ1) is 18.0. The maximum Gasteiger partial charge on any atom is 0.308 e. The quantitative estimate of drug-likeness (QED) is 0.295. The van der Waals surface area contributed by atoms with Crippen LogP contribution in [0.4, 0.5) is 0 Å². The summed E-state index contributed by atoms with van der Waals surface area (Å²) in [6.07, 6.45) is 3.72. The molecule has 0 aliphatic carbocycles. The van der Waals surface area contributed by atoms with E-state index in [2.05, 4.69) is 0 Å². The molecule has 10 heteroatoms. The van der Waals surface area contributed by atoms with Crippen LogP contribution in [0.15, 0.2) is 36.4 Å². The van der Waals surface area contributed by atoms with Crippen molar-refractivity contribution in [3.63, 3.8) is 0 Å². The maximum atomic E-state index is 12.0. The summed E-state index contributed by atoms with van der Waals surface area (Å²) in [4.78, 5) is 46.2. The highest BCUT2D eigenvalue weighted by atomic mass is 16.6. The van der Waals surface area contributed by atoms with E-state index in [1.807, 2.05) is 0 Å². The molecule has 0 unspecified atom stereocenters. The van der Waals surface area contributed by atoms with Crippen LogP contribution in [0.1, 0.15) is 50.3 Å². The molecule has 0 N–H and O–H groups in total. The van der Waals surface area contributed by atoms with Gasteiger partial charge in [0.25, 0.3) is 0 Å². The number of hydrogen-bond donors (Lipinski definition) is 0. The lowest BCUT2D eigenvalue weighted by Crippen LogP contribution is -2.16. The van der Waals surface area contributed by atoms with E-state index < -0.39 is 29.8 Å². The van der Waals surface area contributed by atoms with E-state index in [0.29, 0.717) is 29.0 Å². The molecule has 10 nitrogen and oxygen atoms in total. The minimum absolute atomic E-state index is 0.0264. The van der Waals surface area contributed by atoms with Crippen molar-refractivity contribution in [3.8, 4) is 23.0 Å². The third kappa shape index (κ3) is 9.27. The first kappa shape index (κ1) is 29.9. The first-order valence-corrected chi connectivity index (χ1v) is 11.7. The summed E-state index contributed by atoms with van der Waals surface area (Å²) in [5.41, 5.74) is 2.00. The van der Waals surface area contributed by atoms with Crippen LogP contribution in [0, 0.1) is 0 Å². The minimum atomic E-state index is -0.554. The van der Waals surface area contributed by atoms with Crippen molar-refractivity contribution in [3.05, 3.63) is 53.1 Å². The molecule has 0 aliphatic rings. The topological polar surface area (TPSA) is 124 Å². The van der Waals surface area contributed by atoms with Crippen molar-refractivity contribution < 1.29 is 47.6 Å². The number of rotatable bonds is 12.